The lowest BCUT2D eigenvalue weighted by Gasteiger charge is -2.20. The molecule has 0 aliphatic rings. The molecule has 2 nitrogen and oxygen atoms in total. The van der Waals surface area contributed by atoms with Gasteiger partial charge >= 0.3 is 0 Å². The summed E-state index contributed by atoms with van der Waals surface area (Å²) in [5.74, 6) is 0. The molecule has 0 aliphatic heterocycles. The van der Waals surface area contributed by atoms with Gasteiger partial charge in [0.25, 0.3) is 0 Å². The van der Waals surface area contributed by atoms with Crippen molar-refractivity contribution in [1.29, 1.82) is 0 Å². The number of nitrogens with one attached hydrogen (secondary N) is 1. The number of benzene rings is 1. The zero-order valence-electron chi connectivity index (χ0n) is 11.8. The Morgan fingerprint density at radius 3 is 2.86 bits per heavy atom. The molecule has 0 radical (unpaired) electrons. The van der Waals surface area contributed by atoms with E-state index in [1.54, 1.807) is 11.3 Å². The van der Waals surface area contributed by atoms with Gasteiger partial charge in [-0.1, -0.05) is 31.2 Å². The van der Waals surface area contributed by atoms with Crippen LogP contribution in [0.25, 0.3) is 10.8 Å². The average molecular weight is 361 g/mol. The summed E-state index contributed by atoms with van der Waals surface area (Å²) in [5.41, 5.74) is 1.24. The molecule has 0 amide bonds. The molecule has 0 fully saturated rings. The minimum absolute atomic E-state index is 0.179. The molecule has 0 saturated carbocycles. The van der Waals surface area contributed by atoms with Gasteiger partial charge in [-0.15, -0.1) is 11.3 Å². The van der Waals surface area contributed by atoms with E-state index < -0.39 is 0 Å². The van der Waals surface area contributed by atoms with E-state index in [4.69, 9.17) is 0 Å². The predicted molar refractivity (Wildman–Crippen MR) is 93.9 cm³/mol. The van der Waals surface area contributed by atoms with Crippen molar-refractivity contribution in [2.75, 3.05) is 6.54 Å². The highest BCUT2D eigenvalue weighted by atomic mass is 79.9. The van der Waals surface area contributed by atoms with Gasteiger partial charge < -0.3 is 5.32 Å². The van der Waals surface area contributed by atoms with Crippen LogP contribution in [0.15, 0.2) is 52.6 Å². The minimum Gasteiger partial charge on any atom is -0.305 e. The first-order valence-electron chi connectivity index (χ1n) is 7.10. The Labute approximate surface area is 137 Å². The molecule has 0 aliphatic carbocycles. The Hall–Kier alpha value is -1.23. The van der Waals surface area contributed by atoms with Gasteiger partial charge in [0.2, 0.25) is 0 Å². The van der Waals surface area contributed by atoms with Crippen LogP contribution < -0.4 is 5.32 Å². The summed E-state index contributed by atoms with van der Waals surface area (Å²) >= 11 is 5.44. The Morgan fingerprint density at radius 2 is 2.10 bits per heavy atom. The van der Waals surface area contributed by atoms with E-state index in [0.29, 0.717) is 0 Å². The lowest BCUT2D eigenvalue weighted by molar-refractivity contribution is 0.606. The molecule has 0 saturated heterocycles. The largest absolute Gasteiger partial charge is 0.305 e. The van der Waals surface area contributed by atoms with Gasteiger partial charge in [0, 0.05) is 32.7 Å². The quantitative estimate of drug-likeness (QED) is 0.680. The number of hydrogen-bond donors (Lipinski definition) is 1. The molecule has 108 valence electrons. The van der Waals surface area contributed by atoms with Crippen LogP contribution in [0, 0.1) is 0 Å². The number of hydrogen-bond acceptors (Lipinski definition) is 3. The van der Waals surface area contributed by atoms with Crippen molar-refractivity contribution < 1.29 is 0 Å². The fourth-order valence-corrected chi connectivity index (χ4v) is 4.21. The molecule has 1 atom stereocenters. The van der Waals surface area contributed by atoms with Gasteiger partial charge in [-0.05, 0) is 45.7 Å². The van der Waals surface area contributed by atoms with Crippen LogP contribution in [-0.4, -0.2) is 11.5 Å². The number of thiophene rings is 1. The molecule has 0 spiro atoms. The summed E-state index contributed by atoms with van der Waals surface area (Å²) in [6.07, 6.45) is 5.03. The lowest BCUT2D eigenvalue weighted by atomic mass is 10.0. The Morgan fingerprint density at radius 1 is 1.24 bits per heavy atom. The van der Waals surface area contributed by atoms with E-state index in [1.807, 2.05) is 12.4 Å². The van der Waals surface area contributed by atoms with Crippen molar-refractivity contribution in [2.45, 2.75) is 19.4 Å². The standard InChI is InChI=1S/C17H17BrN2S/c1-2-8-20-16(17-15(18)7-9-21-17)14-11-19-10-12-5-3-4-6-13(12)14/h3-7,9-11,16,20H,2,8H2,1H3. The molecule has 3 aromatic rings. The van der Waals surface area contributed by atoms with Gasteiger partial charge in [0.05, 0.1) is 6.04 Å². The summed E-state index contributed by atoms with van der Waals surface area (Å²) in [6.45, 7) is 3.17. The van der Waals surface area contributed by atoms with Crippen molar-refractivity contribution in [1.82, 2.24) is 10.3 Å². The Kier molecular flexibility index (Phi) is 4.68. The predicted octanol–water partition coefficient (Wildman–Crippen LogP) is 5.15. The van der Waals surface area contributed by atoms with Crippen molar-refractivity contribution in [3.8, 4) is 0 Å². The van der Waals surface area contributed by atoms with Gasteiger partial charge in [0.15, 0.2) is 0 Å². The monoisotopic (exact) mass is 360 g/mol. The maximum atomic E-state index is 4.43. The second-order valence-electron chi connectivity index (χ2n) is 4.97. The number of aromatic nitrogens is 1. The maximum Gasteiger partial charge on any atom is 0.0703 e. The molecular weight excluding hydrogens is 344 g/mol. The van der Waals surface area contributed by atoms with Gasteiger partial charge in [-0.3, -0.25) is 4.98 Å². The molecule has 1 N–H and O–H groups in total. The normalized spacial score (nSPS) is 12.7. The smallest absolute Gasteiger partial charge is 0.0703 e. The van der Waals surface area contributed by atoms with E-state index >= 15 is 0 Å². The number of fused-ring (bicyclic) bond motifs is 1. The third kappa shape index (κ3) is 3.03. The van der Waals surface area contributed by atoms with E-state index in [-0.39, 0.29) is 6.04 Å². The van der Waals surface area contributed by atoms with Gasteiger partial charge in [0.1, 0.15) is 0 Å². The highest BCUT2D eigenvalue weighted by Crippen LogP contribution is 2.35. The fraction of sp³-hybridized carbons (Fsp3) is 0.235. The van der Waals surface area contributed by atoms with Crippen LogP contribution in [0.4, 0.5) is 0 Å². The van der Waals surface area contributed by atoms with E-state index in [0.717, 1.165) is 17.4 Å². The molecule has 2 aromatic heterocycles. The number of pyridine rings is 1. The van der Waals surface area contributed by atoms with E-state index in [1.165, 1.54) is 21.2 Å². The van der Waals surface area contributed by atoms with E-state index in [2.05, 4.69) is 68.9 Å². The molecule has 21 heavy (non-hydrogen) atoms. The van der Waals surface area contributed by atoms with Crippen LogP contribution in [0.1, 0.15) is 29.8 Å². The molecule has 3 rings (SSSR count). The zero-order valence-corrected chi connectivity index (χ0v) is 14.2. The topological polar surface area (TPSA) is 24.9 Å². The molecule has 4 heteroatoms. The minimum atomic E-state index is 0.179. The first-order valence-corrected chi connectivity index (χ1v) is 8.77. The summed E-state index contributed by atoms with van der Waals surface area (Å²) in [7, 11) is 0. The summed E-state index contributed by atoms with van der Waals surface area (Å²) in [5, 5.41) is 8.24. The Balaban J connectivity index is 2.12. The highest BCUT2D eigenvalue weighted by Gasteiger charge is 2.19. The zero-order chi connectivity index (χ0) is 14.7. The first kappa shape index (κ1) is 14.7. The molecule has 1 aromatic carbocycles. The summed E-state index contributed by atoms with van der Waals surface area (Å²) < 4.78 is 1.16. The number of rotatable bonds is 5. The van der Waals surface area contributed by atoms with Crippen LogP contribution in [0.5, 0.6) is 0 Å². The molecule has 0 bridgehead atoms. The summed E-state index contributed by atoms with van der Waals surface area (Å²) in [4.78, 5) is 5.74. The average Bonchev–Trinajstić information content (AvgIpc) is 2.94. The second kappa shape index (κ2) is 6.69. The Bertz CT molecular complexity index is 733. The maximum absolute atomic E-state index is 4.43. The van der Waals surface area contributed by atoms with Crippen molar-refractivity contribution in [3.05, 3.63) is 63.0 Å². The van der Waals surface area contributed by atoms with Crippen molar-refractivity contribution >= 4 is 38.0 Å². The van der Waals surface area contributed by atoms with Crippen molar-refractivity contribution in [3.63, 3.8) is 0 Å². The van der Waals surface area contributed by atoms with E-state index in [9.17, 15) is 0 Å². The van der Waals surface area contributed by atoms with Gasteiger partial charge in [-0.2, -0.15) is 0 Å². The van der Waals surface area contributed by atoms with Crippen LogP contribution in [-0.2, 0) is 0 Å². The lowest BCUT2D eigenvalue weighted by Crippen LogP contribution is -2.23. The fourth-order valence-electron chi connectivity index (χ4n) is 2.51. The van der Waals surface area contributed by atoms with Crippen molar-refractivity contribution in [2.24, 2.45) is 0 Å². The molecule has 2 heterocycles. The third-order valence-corrected chi connectivity index (χ3v) is 5.45. The third-order valence-electron chi connectivity index (χ3n) is 3.52. The number of halogens is 1. The first-order chi connectivity index (χ1) is 10.3. The highest BCUT2D eigenvalue weighted by molar-refractivity contribution is 9.10. The van der Waals surface area contributed by atoms with Crippen LogP contribution in [0.2, 0.25) is 0 Å². The summed E-state index contributed by atoms with van der Waals surface area (Å²) in [6, 6.07) is 10.7. The van der Waals surface area contributed by atoms with Crippen LogP contribution >= 0.6 is 27.3 Å². The second-order valence-corrected chi connectivity index (χ2v) is 6.77. The SMILES string of the molecule is CCCNC(c1sccc1Br)c1cncc2ccccc12. The number of nitrogens with zero attached hydrogens (tertiary/aromatic N) is 1. The molecule has 1 unspecified atom stereocenters. The van der Waals surface area contributed by atoms with Crippen LogP contribution in [0.3, 0.4) is 0 Å². The molecular formula is C17H17BrN2S. The van der Waals surface area contributed by atoms with Gasteiger partial charge in [-0.25, -0.2) is 0 Å².